The molecule has 4 heterocycles. The summed E-state index contributed by atoms with van der Waals surface area (Å²) < 4.78 is 5.59. The van der Waals surface area contributed by atoms with E-state index in [-0.39, 0.29) is 31.7 Å². The van der Waals surface area contributed by atoms with Gasteiger partial charge in [0.25, 0.3) is 0 Å². The van der Waals surface area contributed by atoms with Crippen molar-refractivity contribution in [2.45, 2.75) is 38.0 Å². The van der Waals surface area contributed by atoms with Crippen LogP contribution in [0.2, 0.25) is 0 Å². The topological polar surface area (TPSA) is 86.1 Å². The highest BCUT2D eigenvalue weighted by Crippen LogP contribution is 2.41. The lowest BCUT2D eigenvalue weighted by molar-refractivity contribution is -0.00341. The lowest BCUT2D eigenvalue weighted by Crippen LogP contribution is -2.52. The molecule has 3 N–H and O–H groups in total. The van der Waals surface area contributed by atoms with E-state index in [0.717, 1.165) is 36.0 Å². The molecule has 2 aromatic rings. The number of ether oxygens (including phenoxy) is 1. The number of aromatic nitrogens is 1. The number of hydrogen-bond acceptors (Lipinski definition) is 6. The Morgan fingerprint density at radius 1 is 1.31 bits per heavy atom. The van der Waals surface area contributed by atoms with Crippen LogP contribution in [-0.2, 0) is 0 Å². The highest BCUT2D eigenvalue weighted by atomic mass is 35.5. The number of allylic oxidation sites excluding steroid dienone is 1. The molecule has 0 saturated carbocycles. The molecule has 5 atom stereocenters. The normalized spacial score (nSPS) is 26.9. The van der Waals surface area contributed by atoms with E-state index >= 15 is 0 Å². The van der Waals surface area contributed by atoms with Crippen molar-refractivity contribution >= 4 is 23.3 Å². The number of pyridine rings is 1. The van der Waals surface area contributed by atoms with Crippen LogP contribution >= 0.6 is 12.4 Å². The van der Waals surface area contributed by atoms with Crippen LogP contribution in [0.1, 0.15) is 31.4 Å². The third-order valence-corrected chi connectivity index (χ3v) is 6.12. The maximum Gasteiger partial charge on any atom is 0.120 e. The first kappa shape index (κ1) is 22.0. The minimum Gasteiger partial charge on any atom is -0.491 e. The molecule has 0 radical (unpaired) electrons. The zero-order chi connectivity index (χ0) is 19.7. The fourth-order valence-electron chi connectivity index (χ4n) is 4.54. The minimum absolute atomic E-state index is 0. The number of halogens is 1. The summed E-state index contributed by atoms with van der Waals surface area (Å²) in [5, 5.41) is 30.6. The van der Waals surface area contributed by atoms with E-state index < -0.39 is 12.2 Å². The summed E-state index contributed by atoms with van der Waals surface area (Å²) >= 11 is 0. The SMILES string of the molecule is C/C=C1\CN2CCC1CC2C(O)c1ccnc2ccc(OCC(O)CO)cc12.Cl. The number of hydrogen-bond donors (Lipinski definition) is 3. The van der Waals surface area contributed by atoms with Crippen molar-refractivity contribution in [2.75, 3.05) is 26.3 Å². The molecular formula is C22H29ClN2O4. The van der Waals surface area contributed by atoms with Gasteiger partial charge in [0.15, 0.2) is 0 Å². The summed E-state index contributed by atoms with van der Waals surface area (Å²) in [6.45, 7) is 3.75. The summed E-state index contributed by atoms with van der Waals surface area (Å²) in [6.07, 6.45) is 4.61. The van der Waals surface area contributed by atoms with Crippen molar-refractivity contribution < 1.29 is 20.1 Å². The molecule has 0 aliphatic carbocycles. The predicted molar refractivity (Wildman–Crippen MR) is 114 cm³/mol. The Kier molecular flexibility index (Phi) is 7.14. The van der Waals surface area contributed by atoms with Crippen molar-refractivity contribution in [3.63, 3.8) is 0 Å². The Labute approximate surface area is 177 Å². The van der Waals surface area contributed by atoms with Crippen molar-refractivity contribution in [3.05, 3.63) is 47.7 Å². The molecule has 7 heteroatoms. The molecule has 3 saturated heterocycles. The predicted octanol–water partition coefficient (Wildman–Crippen LogP) is 2.46. The fraction of sp³-hybridized carbons (Fsp3) is 0.500. The molecule has 6 nitrogen and oxygen atoms in total. The Balaban J connectivity index is 0.00000240. The van der Waals surface area contributed by atoms with Gasteiger partial charge in [0, 0.05) is 24.2 Å². The standard InChI is InChI=1S/C22H28N2O4.ClH/c1-2-14-11-24-8-6-15(14)9-21(24)22(27)18-5-7-23-20-4-3-17(10-19(18)20)28-13-16(26)12-25;/h2-5,7,10,15-16,21-22,25-27H,6,8-9,11-13H2,1H3;1H/b14-2+;. The zero-order valence-electron chi connectivity index (χ0n) is 16.6. The zero-order valence-corrected chi connectivity index (χ0v) is 17.4. The van der Waals surface area contributed by atoms with Crippen LogP contribution in [-0.4, -0.2) is 63.7 Å². The Hall–Kier alpha value is -1.70. The highest BCUT2D eigenvalue weighted by Gasteiger charge is 2.40. The van der Waals surface area contributed by atoms with Crippen LogP contribution < -0.4 is 4.74 Å². The summed E-state index contributed by atoms with van der Waals surface area (Å²) in [6, 6.07) is 7.50. The van der Waals surface area contributed by atoms with E-state index in [9.17, 15) is 10.2 Å². The van der Waals surface area contributed by atoms with E-state index in [1.165, 1.54) is 12.0 Å². The van der Waals surface area contributed by atoms with Gasteiger partial charge in [0.1, 0.15) is 18.5 Å². The summed E-state index contributed by atoms with van der Waals surface area (Å²) in [5.41, 5.74) is 3.15. The van der Waals surface area contributed by atoms with Crippen LogP contribution in [0.5, 0.6) is 5.75 Å². The van der Waals surface area contributed by atoms with Crippen LogP contribution in [0.15, 0.2) is 42.1 Å². The Morgan fingerprint density at radius 2 is 2.14 bits per heavy atom. The van der Waals surface area contributed by atoms with Crippen LogP contribution in [0.25, 0.3) is 10.9 Å². The molecular weight excluding hydrogens is 392 g/mol. The van der Waals surface area contributed by atoms with Crippen molar-refractivity contribution in [1.82, 2.24) is 9.88 Å². The smallest absolute Gasteiger partial charge is 0.120 e. The summed E-state index contributed by atoms with van der Waals surface area (Å²) in [4.78, 5) is 6.81. The molecule has 2 bridgehead atoms. The van der Waals surface area contributed by atoms with Crippen molar-refractivity contribution in [3.8, 4) is 5.75 Å². The van der Waals surface area contributed by atoms with Gasteiger partial charge in [-0.25, -0.2) is 0 Å². The molecule has 5 unspecified atom stereocenters. The monoisotopic (exact) mass is 420 g/mol. The minimum atomic E-state index is -0.916. The van der Waals surface area contributed by atoms with E-state index in [1.54, 1.807) is 12.3 Å². The van der Waals surface area contributed by atoms with Gasteiger partial charge in [-0.1, -0.05) is 11.6 Å². The van der Waals surface area contributed by atoms with Crippen LogP contribution in [0.3, 0.4) is 0 Å². The van der Waals surface area contributed by atoms with Gasteiger partial charge < -0.3 is 20.1 Å². The molecule has 29 heavy (non-hydrogen) atoms. The lowest BCUT2D eigenvalue weighted by atomic mass is 9.76. The molecule has 158 valence electrons. The summed E-state index contributed by atoms with van der Waals surface area (Å²) in [7, 11) is 0. The number of aliphatic hydroxyl groups is 3. The van der Waals surface area contributed by atoms with Gasteiger partial charge in [-0.2, -0.15) is 0 Å². The maximum absolute atomic E-state index is 11.3. The molecule has 1 aromatic heterocycles. The first-order chi connectivity index (χ1) is 13.6. The average molecular weight is 421 g/mol. The van der Waals surface area contributed by atoms with Crippen LogP contribution in [0.4, 0.5) is 0 Å². The number of aliphatic hydroxyl groups excluding tert-OH is 3. The molecule has 1 aromatic carbocycles. The third-order valence-electron chi connectivity index (χ3n) is 6.12. The van der Waals surface area contributed by atoms with E-state index in [2.05, 4.69) is 22.9 Å². The maximum atomic E-state index is 11.3. The quantitative estimate of drug-likeness (QED) is 0.622. The number of benzene rings is 1. The number of piperidine rings is 3. The lowest BCUT2D eigenvalue weighted by Gasteiger charge is -2.48. The molecule has 5 rings (SSSR count). The van der Waals surface area contributed by atoms with Gasteiger partial charge in [0.2, 0.25) is 0 Å². The van der Waals surface area contributed by atoms with Gasteiger partial charge in [-0.3, -0.25) is 9.88 Å². The number of fused-ring (bicyclic) bond motifs is 4. The molecule has 0 spiro atoms. The third kappa shape index (κ3) is 4.42. The molecule has 3 fully saturated rings. The second-order valence-corrected chi connectivity index (χ2v) is 7.79. The number of nitrogens with zero attached hydrogens (tertiary/aromatic N) is 2. The highest BCUT2D eigenvalue weighted by molar-refractivity contribution is 5.85. The first-order valence-corrected chi connectivity index (χ1v) is 9.98. The first-order valence-electron chi connectivity index (χ1n) is 9.98. The second kappa shape index (κ2) is 9.41. The molecule has 3 aliphatic heterocycles. The van der Waals surface area contributed by atoms with Crippen molar-refractivity contribution in [1.29, 1.82) is 0 Å². The average Bonchev–Trinajstić information content (AvgIpc) is 2.76. The fourth-order valence-corrected chi connectivity index (χ4v) is 4.54. The Morgan fingerprint density at radius 3 is 2.83 bits per heavy atom. The van der Waals surface area contributed by atoms with E-state index in [1.807, 2.05) is 18.2 Å². The van der Waals surface area contributed by atoms with Gasteiger partial charge in [0.05, 0.1) is 18.2 Å². The van der Waals surface area contributed by atoms with E-state index in [0.29, 0.717) is 11.7 Å². The summed E-state index contributed by atoms with van der Waals surface area (Å²) in [5.74, 6) is 1.16. The van der Waals surface area contributed by atoms with Crippen molar-refractivity contribution in [2.24, 2.45) is 5.92 Å². The van der Waals surface area contributed by atoms with Gasteiger partial charge >= 0.3 is 0 Å². The van der Waals surface area contributed by atoms with Gasteiger partial charge in [-0.15, -0.1) is 12.4 Å². The van der Waals surface area contributed by atoms with Crippen LogP contribution in [0, 0.1) is 5.92 Å². The van der Waals surface area contributed by atoms with E-state index in [4.69, 9.17) is 9.84 Å². The Bertz CT molecular complexity index is 875. The largest absolute Gasteiger partial charge is 0.491 e. The number of rotatable bonds is 6. The molecule has 0 amide bonds. The molecule has 3 aliphatic rings. The van der Waals surface area contributed by atoms with Gasteiger partial charge in [-0.05, 0) is 62.1 Å². The second-order valence-electron chi connectivity index (χ2n) is 7.79.